The Kier molecular flexibility index (Phi) is 3.07. The average molecular weight is 220 g/mol. The molecule has 2 rings (SSSR count). The molecular weight excluding hydrogens is 207 g/mol. The van der Waals surface area contributed by atoms with E-state index >= 15 is 0 Å². The van der Waals surface area contributed by atoms with E-state index in [1.54, 1.807) is 12.1 Å². The number of benzene rings is 1. The Balaban J connectivity index is 2.29. The molecule has 3 nitrogen and oxygen atoms in total. The first-order chi connectivity index (χ1) is 7.72. The van der Waals surface area contributed by atoms with E-state index in [4.69, 9.17) is 10.00 Å². The number of morpholine rings is 1. The van der Waals surface area contributed by atoms with Gasteiger partial charge < -0.3 is 9.64 Å². The Bertz CT molecular complexity index is 428. The Morgan fingerprint density at radius 1 is 1.56 bits per heavy atom. The van der Waals surface area contributed by atoms with E-state index in [1.165, 1.54) is 6.07 Å². The Hall–Kier alpha value is -1.60. The second kappa shape index (κ2) is 4.50. The van der Waals surface area contributed by atoms with Crippen molar-refractivity contribution in [3.8, 4) is 6.07 Å². The van der Waals surface area contributed by atoms with Gasteiger partial charge >= 0.3 is 0 Å². The second-order valence-corrected chi connectivity index (χ2v) is 3.90. The first kappa shape index (κ1) is 10.9. The van der Waals surface area contributed by atoms with E-state index in [2.05, 4.69) is 0 Å². The highest BCUT2D eigenvalue weighted by Gasteiger charge is 2.21. The van der Waals surface area contributed by atoms with Crippen molar-refractivity contribution in [1.29, 1.82) is 5.26 Å². The van der Waals surface area contributed by atoms with Crippen molar-refractivity contribution in [3.05, 3.63) is 29.6 Å². The lowest BCUT2D eigenvalue weighted by atomic mass is 10.1. The summed E-state index contributed by atoms with van der Waals surface area (Å²) in [6.45, 7) is 3.91. The van der Waals surface area contributed by atoms with E-state index < -0.39 is 0 Å². The van der Waals surface area contributed by atoms with Gasteiger partial charge in [-0.05, 0) is 25.1 Å². The molecule has 1 aromatic rings. The second-order valence-electron chi connectivity index (χ2n) is 3.90. The number of nitriles is 1. The molecule has 1 aliphatic heterocycles. The van der Waals surface area contributed by atoms with Gasteiger partial charge in [-0.1, -0.05) is 0 Å². The van der Waals surface area contributed by atoms with Crippen LogP contribution in [0, 0.1) is 17.1 Å². The zero-order valence-electron chi connectivity index (χ0n) is 9.11. The van der Waals surface area contributed by atoms with Gasteiger partial charge in [0.15, 0.2) is 0 Å². The van der Waals surface area contributed by atoms with Crippen molar-refractivity contribution in [2.75, 3.05) is 24.7 Å². The zero-order valence-corrected chi connectivity index (χ0v) is 9.11. The Morgan fingerprint density at radius 2 is 2.38 bits per heavy atom. The van der Waals surface area contributed by atoms with Crippen LogP contribution in [0.2, 0.25) is 0 Å². The summed E-state index contributed by atoms with van der Waals surface area (Å²) in [4.78, 5) is 1.97. The van der Waals surface area contributed by atoms with Crippen LogP contribution in [0.4, 0.5) is 10.1 Å². The van der Waals surface area contributed by atoms with Gasteiger partial charge in [-0.2, -0.15) is 5.26 Å². The molecule has 1 saturated heterocycles. The van der Waals surface area contributed by atoms with Crippen molar-refractivity contribution < 1.29 is 9.13 Å². The summed E-state index contributed by atoms with van der Waals surface area (Å²) in [5.41, 5.74) is 0.900. The molecule has 0 spiro atoms. The minimum absolute atomic E-state index is 0.163. The van der Waals surface area contributed by atoms with Crippen LogP contribution in [-0.4, -0.2) is 25.8 Å². The van der Waals surface area contributed by atoms with Crippen molar-refractivity contribution in [1.82, 2.24) is 0 Å². The standard InChI is InChI=1S/C12H13FN2O/c1-9-8-16-5-4-15(9)12-3-2-10(7-14)6-11(12)13/h2-3,6,9H,4-5,8H2,1H3. The lowest BCUT2D eigenvalue weighted by Crippen LogP contribution is -2.44. The smallest absolute Gasteiger partial charge is 0.147 e. The molecule has 1 unspecified atom stereocenters. The van der Waals surface area contributed by atoms with Crippen LogP contribution in [-0.2, 0) is 4.74 Å². The molecule has 1 aliphatic rings. The third-order valence-corrected chi connectivity index (χ3v) is 2.75. The molecule has 0 bridgehead atoms. The maximum Gasteiger partial charge on any atom is 0.147 e. The lowest BCUT2D eigenvalue weighted by Gasteiger charge is -2.35. The fourth-order valence-corrected chi connectivity index (χ4v) is 1.89. The molecule has 0 amide bonds. The van der Waals surface area contributed by atoms with Gasteiger partial charge in [0.25, 0.3) is 0 Å². The van der Waals surface area contributed by atoms with Crippen LogP contribution >= 0.6 is 0 Å². The summed E-state index contributed by atoms with van der Waals surface area (Å²) in [7, 11) is 0. The van der Waals surface area contributed by atoms with Crippen LogP contribution in [0.5, 0.6) is 0 Å². The molecule has 0 N–H and O–H groups in total. The van der Waals surface area contributed by atoms with Crippen LogP contribution in [0.25, 0.3) is 0 Å². The average Bonchev–Trinajstić information content (AvgIpc) is 2.30. The predicted molar refractivity (Wildman–Crippen MR) is 58.7 cm³/mol. The van der Waals surface area contributed by atoms with Crippen molar-refractivity contribution in [3.63, 3.8) is 0 Å². The minimum Gasteiger partial charge on any atom is -0.377 e. The highest BCUT2D eigenvalue weighted by Crippen LogP contribution is 2.23. The van der Waals surface area contributed by atoms with Gasteiger partial charge in [-0.3, -0.25) is 0 Å². The molecule has 0 aliphatic carbocycles. The highest BCUT2D eigenvalue weighted by molar-refractivity contribution is 5.52. The van der Waals surface area contributed by atoms with Crippen molar-refractivity contribution >= 4 is 5.69 Å². The summed E-state index contributed by atoms with van der Waals surface area (Å²) in [5, 5.41) is 8.66. The van der Waals surface area contributed by atoms with E-state index in [-0.39, 0.29) is 11.9 Å². The number of ether oxygens (including phenoxy) is 1. The molecule has 1 atom stereocenters. The van der Waals surface area contributed by atoms with Gasteiger partial charge in [-0.25, -0.2) is 4.39 Å². The highest BCUT2D eigenvalue weighted by atomic mass is 19.1. The largest absolute Gasteiger partial charge is 0.377 e. The van der Waals surface area contributed by atoms with Gasteiger partial charge in [0, 0.05) is 12.6 Å². The van der Waals surface area contributed by atoms with E-state index in [0.717, 1.165) is 0 Å². The SMILES string of the molecule is CC1COCCN1c1ccc(C#N)cc1F. The van der Waals surface area contributed by atoms with Crippen LogP contribution < -0.4 is 4.90 Å². The normalized spacial score (nSPS) is 20.6. The molecule has 1 aromatic carbocycles. The maximum atomic E-state index is 13.8. The lowest BCUT2D eigenvalue weighted by molar-refractivity contribution is 0.0986. The fourth-order valence-electron chi connectivity index (χ4n) is 1.89. The predicted octanol–water partition coefficient (Wildman–Crippen LogP) is 1.92. The zero-order chi connectivity index (χ0) is 11.5. The number of nitrogens with zero attached hydrogens (tertiary/aromatic N) is 2. The van der Waals surface area contributed by atoms with Gasteiger partial charge in [0.2, 0.25) is 0 Å². The molecule has 1 fully saturated rings. The Morgan fingerprint density at radius 3 is 3.00 bits per heavy atom. The summed E-state index contributed by atoms with van der Waals surface area (Å²) in [6, 6.07) is 6.67. The van der Waals surface area contributed by atoms with Crippen molar-refractivity contribution in [2.45, 2.75) is 13.0 Å². The van der Waals surface area contributed by atoms with E-state index in [9.17, 15) is 4.39 Å². The van der Waals surface area contributed by atoms with Crippen LogP contribution in [0.3, 0.4) is 0 Å². The number of hydrogen-bond acceptors (Lipinski definition) is 3. The topological polar surface area (TPSA) is 36.3 Å². The molecule has 0 aromatic heterocycles. The van der Waals surface area contributed by atoms with E-state index in [1.807, 2.05) is 17.9 Å². The molecule has 1 heterocycles. The monoisotopic (exact) mass is 220 g/mol. The summed E-state index contributed by atoms with van der Waals surface area (Å²) in [6.07, 6.45) is 0. The molecular formula is C12H13FN2O. The minimum atomic E-state index is -0.340. The number of anilines is 1. The summed E-state index contributed by atoms with van der Waals surface area (Å²) in [5.74, 6) is -0.340. The first-order valence-corrected chi connectivity index (χ1v) is 5.26. The summed E-state index contributed by atoms with van der Waals surface area (Å²) < 4.78 is 19.1. The van der Waals surface area contributed by atoms with E-state index in [0.29, 0.717) is 31.0 Å². The maximum absolute atomic E-state index is 13.8. The first-order valence-electron chi connectivity index (χ1n) is 5.26. The van der Waals surface area contributed by atoms with Gasteiger partial charge in [0.1, 0.15) is 5.82 Å². The molecule has 4 heteroatoms. The van der Waals surface area contributed by atoms with Crippen LogP contribution in [0.15, 0.2) is 18.2 Å². The Labute approximate surface area is 94.0 Å². The number of hydrogen-bond donors (Lipinski definition) is 0. The molecule has 0 radical (unpaired) electrons. The van der Waals surface area contributed by atoms with Gasteiger partial charge in [-0.15, -0.1) is 0 Å². The number of halogens is 1. The quantitative estimate of drug-likeness (QED) is 0.725. The third-order valence-electron chi connectivity index (χ3n) is 2.75. The number of rotatable bonds is 1. The molecule has 0 saturated carbocycles. The molecule has 16 heavy (non-hydrogen) atoms. The third kappa shape index (κ3) is 2.00. The van der Waals surface area contributed by atoms with Gasteiger partial charge in [0.05, 0.1) is 30.5 Å². The molecule has 84 valence electrons. The van der Waals surface area contributed by atoms with Crippen LogP contribution in [0.1, 0.15) is 12.5 Å². The van der Waals surface area contributed by atoms with Crippen molar-refractivity contribution in [2.24, 2.45) is 0 Å². The fraction of sp³-hybridized carbons (Fsp3) is 0.417. The summed E-state index contributed by atoms with van der Waals surface area (Å²) >= 11 is 0.